The first-order valence-corrected chi connectivity index (χ1v) is 9.65. The minimum atomic E-state index is 0. The molecule has 154 valence electrons. The monoisotopic (exact) mass is 497 g/mol. The van der Waals surface area contributed by atoms with Gasteiger partial charge in [0.15, 0.2) is 5.96 Å². The van der Waals surface area contributed by atoms with Crippen LogP contribution in [0.2, 0.25) is 0 Å². The molecule has 8 heteroatoms. The molecule has 1 fully saturated rings. The van der Waals surface area contributed by atoms with Gasteiger partial charge in [0.1, 0.15) is 0 Å². The number of rotatable bonds is 5. The predicted molar refractivity (Wildman–Crippen MR) is 124 cm³/mol. The molecule has 3 heterocycles. The summed E-state index contributed by atoms with van der Waals surface area (Å²) in [6.07, 6.45) is 4.09. The Labute approximate surface area is 185 Å². The van der Waals surface area contributed by atoms with Gasteiger partial charge >= 0.3 is 0 Å². The molecular formula is C20H32IN7. The van der Waals surface area contributed by atoms with Crippen LogP contribution in [0.3, 0.4) is 0 Å². The van der Waals surface area contributed by atoms with E-state index in [9.17, 15) is 0 Å². The van der Waals surface area contributed by atoms with Gasteiger partial charge in [-0.3, -0.25) is 19.6 Å². The largest absolute Gasteiger partial charge is 0.354 e. The van der Waals surface area contributed by atoms with Crippen LogP contribution in [0.1, 0.15) is 35.5 Å². The Bertz CT molecular complexity index is 764. The Morgan fingerprint density at radius 2 is 2.00 bits per heavy atom. The molecule has 0 radical (unpaired) electrons. The number of nitrogens with zero attached hydrogens (tertiary/aromatic N) is 5. The number of aryl methyl sites for hydroxylation is 2. The van der Waals surface area contributed by atoms with Crippen LogP contribution in [0.15, 0.2) is 29.4 Å². The summed E-state index contributed by atoms with van der Waals surface area (Å²) in [4.78, 5) is 11.3. The van der Waals surface area contributed by atoms with E-state index in [-0.39, 0.29) is 24.0 Å². The van der Waals surface area contributed by atoms with E-state index in [1.54, 1.807) is 0 Å². The quantitative estimate of drug-likeness (QED) is 0.377. The van der Waals surface area contributed by atoms with Crippen molar-refractivity contribution in [1.82, 2.24) is 30.3 Å². The second kappa shape index (κ2) is 10.8. The third-order valence-corrected chi connectivity index (χ3v) is 5.36. The fourth-order valence-electron chi connectivity index (χ4n) is 3.59. The van der Waals surface area contributed by atoms with Crippen molar-refractivity contribution in [3.05, 3.63) is 47.0 Å². The van der Waals surface area contributed by atoms with Crippen molar-refractivity contribution in [2.75, 3.05) is 20.1 Å². The Balaban J connectivity index is 0.00000280. The van der Waals surface area contributed by atoms with E-state index in [1.807, 2.05) is 31.0 Å². The lowest BCUT2D eigenvalue weighted by Crippen LogP contribution is -2.48. The highest BCUT2D eigenvalue weighted by Crippen LogP contribution is 2.14. The third kappa shape index (κ3) is 5.91. The molecule has 0 aliphatic carbocycles. The molecule has 1 aliphatic heterocycles. The highest BCUT2D eigenvalue weighted by molar-refractivity contribution is 14.0. The Morgan fingerprint density at radius 3 is 2.57 bits per heavy atom. The van der Waals surface area contributed by atoms with Crippen molar-refractivity contribution >= 4 is 29.9 Å². The van der Waals surface area contributed by atoms with Crippen LogP contribution < -0.4 is 10.6 Å². The van der Waals surface area contributed by atoms with Gasteiger partial charge in [0.2, 0.25) is 0 Å². The topological polar surface area (TPSA) is 70.4 Å². The van der Waals surface area contributed by atoms with Crippen LogP contribution in [0.4, 0.5) is 0 Å². The van der Waals surface area contributed by atoms with E-state index in [0.717, 1.165) is 56.4 Å². The van der Waals surface area contributed by atoms with Gasteiger partial charge in [-0.25, -0.2) is 0 Å². The number of hydrogen-bond donors (Lipinski definition) is 2. The fraction of sp³-hybridized carbons (Fsp3) is 0.550. The second-order valence-electron chi connectivity index (χ2n) is 7.21. The van der Waals surface area contributed by atoms with Crippen molar-refractivity contribution in [2.45, 2.75) is 45.8 Å². The third-order valence-electron chi connectivity index (χ3n) is 5.36. The average molecular weight is 497 g/mol. The van der Waals surface area contributed by atoms with Crippen molar-refractivity contribution in [3.8, 4) is 0 Å². The SMILES string of the molecule is CN=C(NCc1c(C)nn(C)c1C)NC1CCN(Cc2ccccn2)CC1.I. The van der Waals surface area contributed by atoms with Gasteiger partial charge in [-0.2, -0.15) is 5.10 Å². The number of nitrogens with one attached hydrogen (secondary N) is 2. The van der Waals surface area contributed by atoms with E-state index in [2.05, 4.69) is 56.6 Å². The minimum Gasteiger partial charge on any atom is -0.354 e. The first kappa shape index (κ1) is 22.6. The smallest absolute Gasteiger partial charge is 0.191 e. The van der Waals surface area contributed by atoms with Crippen LogP contribution in [-0.2, 0) is 20.1 Å². The summed E-state index contributed by atoms with van der Waals surface area (Å²) in [5.41, 5.74) is 4.65. The summed E-state index contributed by atoms with van der Waals surface area (Å²) in [5, 5.41) is 11.5. The molecular weight excluding hydrogens is 465 g/mol. The molecule has 0 unspecified atom stereocenters. The standard InChI is InChI=1S/C20H31N7.HI/c1-15-19(16(2)26(4)25-15)13-23-20(21-3)24-17-8-11-27(12-9-17)14-18-7-5-6-10-22-18;/h5-7,10,17H,8-9,11-14H2,1-4H3,(H2,21,23,24);1H. The van der Waals surface area contributed by atoms with Crippen LogP contribution in [-0.4, -0.2) is 51.8 Å². The molecule has 0 saturated carbocycles. The van der Waals surface area contributed by atoms with Gasteiger partial charge in [-0.1, -0.05) is 6.07 Å². The highest BCUT2D eigenvalue weighted by atomic mass is 127. The molecule has 0 spiro atoms. The molecule has 2 aromatic heterocycles. The van der Waals surface area contributed by atoms with Gasteiger partial charge in [-0.15, -0.1) is 24.0 Å². The zero-order chi connectivity index (χ0) is 19.2. The molecule has 7 nitrogen and oxygen atoms in total. The Hall–Kier alpha value is -1.68. The molecule has 0 aromatic carbocycles. The van der Waals surface area contributed by atoms with Crippen molar-refractivity contribution in [1.29, 1.82) is 0 Å². The van der Waals surface area contributed by atoms with E-state index >= 15 is 0 Å². The lowest BCUT2D eigenvalue weighted by atomic mass is 10.0. The zero-order valence-corrected chi connectivity index (χ0v) is 19.6. The van der Waals surface area contributed by atoms with Gasteiger partial charge in [0, 0.05) is 63.8 Å². The molecule has 28 heavy (non-hydrogen) atoms. The molecule has 0 atom stereocenters. The Morgan fingerprint density at radius 1 is 1.25 bits per heavy atom. The number of hydrogen-bond acceptors (Lipinski definition) is 4. The maximum Gasteiger partial charge on any atom is 0.191 e. The van der Waals surface area contributed by atoms with Crippen molar-refractivity contribution in [2.24, 2.45) is 12.0 Å². The van der Waals surface area contributed by atoms with Gasteiger partial charge < -0.3 is 10.6 Å². The van der Waals surface area contributed by atoms with Gasteiger partial charge in [0.05, 0.1) is 11.4 Å². The first-order chi connectivity index (χ1) is 13.1. The molecule has 1 aliphatic rings. The van der Waals surface area contributed by atoms with Crippen molar-refractivity contribution < 1.29 is 0 Å². The van der Waals surface area contributed by atoms with Crippen LogP contribution in [0.5, 0.6) is 0 Å². The van der Waals surface area contributed by atoms with Gasteiger partial charge in [-0.05, 0) is 38.8 Å². The molecule has 0 amide bonds. The number of halogens is 1. The number of aliphatic imine (C=N–C) groups is 1. The van der Waals surface area contributed by atoms with Crippen LogP contribution in [0, 0.1) is 13.8 Å². The summed E-state index contributed by atoms with van der Waals surface area (Å²) >= 11 is 0. The normalized spacial score (nSPS) is 15.9. The van der Waals surface area contributed by atoms with Crippen LogP contribution >= 0.6 is 24.0 Å². The molecule has 0 bridgehead atoms. The number of guanidine groups is 1. The fourth-order valence-corrected chi connectivity index (χ4v) is 3.59. The van der Waals surface area contributed by atoms with E-state index in [1.165, 1.54) is 11.3 Å². The predicted octanol–water partition coefficient (Wildman–Crippen LogP) is 2.38. The summed E-state index contributed by atoms with van der Waals surface area (Å²) in [7, 11) is 3.81. The van der Waals surface area contributed by atoms with Crippen LogP contribution in [0.25, 0.3) is 0 Å². The summed E-state index contributed by atoms with van der Waals surface area (Å²) in [6.45, 7) is 7.98. The molecule has 2 aromatic rings. The maximum atomic E-state index is 4.48. The summed E-state index contributed by atoms with van der Waals surface area (Å²) in [5.74, 6) is 0.862. The number of piperidine rings is 1. The Kier molecular flexibility index (Phi) is 8.68. The lowest BCUT2D eigenvalue weighted by Gasteiger charge is -2.32. The minimum absolute atomic E-state index is 0. The molecule has 1 saturated heterocycles. The van der Waals surface area contributed by atoms with E-state index < -0.39 is 0 Å². The first-order valence-electron chi connectivity index (χ1n) is 9.65. The molecule has 2 N–H and O–H groups in total. The number of likely N-dealkylation sites (tertiary alicyclic amines) is 1. The van der Waals surface area contributed by atoms with E-state index in [4.69, 9.17) is 0 Å². The lowest BCUT2D eigenvalue weighted by molar-refractivity contribution is 0.196. The van der Waals surface area contributed by atoms with E-state index in [0.29, 0.717) is 6.04 Å². The number of pyridine rings is 1. The summed E-state index contributed by atoms with van der Waals surface area (Å²) in [6, 6.07) is 6.57. The van der Waals surface area contributed by atoms with Crippen molar-refractivity contribution in [3.63, 3.8) is 0 Å². The summed E-state index contributed by atoms with van der Waals surface area (Å²) < 4.78 is 1.93. The van der Waals surface area contributed by atoms with Gasteiger partial charge in [0.25, 0.3) is 0 Å². The maximum absolute atomic E-state index is 4.48. The highest BCUT2D eigenvalue weighted by Gasteiger charge is 2.20. The molecule has 3 rings (SSSR count). The number of aromatic nitrogens is 3. The average Bonchev–Trinajstić information content (AvgIpc) is 2.93. The zero-order valence-electron chi connectivity index (χ0n) is 17.3. The second-order valence-corrected chi connectivity index (χ2v) is 7.21.